The van der Waals surface area contributed by atoms with Crippen LogP contribution in [0.4, 0.5) is 11.4 Å². The summed E-state index contributed by atoms with van der Waals surface area (Å²) in [5, 5.41) is 0. The molecule has 0 aromatic heterocycles. The first-order valence-corrected chi connectivity index (χ1v) is 7.50. The number of nitrogen functional groups attached to an aromatic ring is 1. The van der Waals surface area contributed by atoms with Crippen molar-refractivity contribution in [3.05, 3.63) is 23.8 Å². The quantitative estimate of drug-likeness (QED) is 0.802. The number of piperidine rings is 1. The van der Waals surface area contributed by atoms with Gasteiger partial charge in [-0.3, -0.25) is 9.59 Å². The van der Waals surface area contributed by atoms with Crippen LogP contribution in [-0.4, -0.2) is 36.9 Å². The molecule has 3 rings (SSSR count). The van der Waals surface area contributed by atoms with Crippen molar-refractivity contribution in [2.24, 2.45) is 5.92 Å². The molecule has 2 heterocycles. The first kappa shape index (κ1) is 16.6. The Bertz CT molecular complexity index is 591. The maximum absolute atomic E-state index is 12.8. The van der Waals surface area contributed by atoms with Crippen molar-refractivity contribution in [1.29, 1.82) is 0 Å². The summed E-state index contributed by atoms with van der Waals surface area (Å²) < 4.78 is 0. The van der Waals surface area contributed by atoms with E-state index in [9.17, 15) is 9.59 Å². The van der Waals surface area contributed by atoms with Crippen molar-refractivity contribution in [2.75, 3.05) is 30.8 Å². The maximum Gasteiger partial charge on any atom is 0.230 e. The van der Waals surface area contributed by atoms with Gasteiger partial charge in [-0.15, -0.1) is 12.4 Å². The Balaban J connectivity index is 0.00000176. The van der Waals surface area contributed by atoms with Crippen molar-refractivity contribution in [2.45, 2.75) is 25.7 Å². The van der Waals surface area contributed by atoms with E-state index in [0.717, 1.165) is 42.7 Å². The van der Waals surface area contributed by atoms with Gasteiger partial charge in [0.15, 0.2) is 0 Å². The summed E-state index contributed by atoms with van der Waals surface area (Å²) in [6, 6.07) is 5.73. The highest BCUT2D eigenvalue weighted by molar-refractivity contribution is 5.99. The second-order valence-electron chi connectivity index (χ2n) is 5.94. The predicted molar refractivity (Wildman–Crippen MR) is 89.1 cm³/mol. The van der Waals surface area contributed by atoms with Crippen molar-refractivity contribution < 1.29 is 9.59 Å². The van der Waals surface area contributed by atoms with Crippen LogP contribution in [0.15, 0.2) is 18.2 Å². The molecule has 6 heteroatoms. The van der Waals surface area contributed by atoms with Gasteiger partial charge >= 0.3 is 0 Å². The van der Waals surface area contributed by atoms with Gasteiger partial charge in [0.1, 0.15) is 0 Å². The zero-order chi connectivity index (χ0) is 15.0. The fourth-order valence-corrected chi connectivity index (χ4v) is 3.25. The molecule has 22 heavy (non-hydrogen) atoms. The molecular formula is C16H22ClN3O2. The first-order chi connectivity index (χ1) is 10.1. The predicted octanol–water partition coefficient (Wildman–Crippen LogP) is 1.84. The molecule has 0 radical (unpaired) electrons. The number of amides is 2. The van der Waals surface area contributed by atoms with E-state index < -0.39 is 0 Å². The topological polar surface area (TPSA) is 66.6 Å². The van der Waals surface area contributed by atoms with Crippen LogP contribution in [0.2, 0.25) is 0 Å². The Morgan fingerprint density at radius 2 is 2.09 bits per heavy atom. The number of rotatable bonds is 1. The van der Waals surface area contributed by atoms with Crippen LogP contribution >= 0.6 is 12.4 Å². The molecular weight excluding hydrogens is 302 g/mol. The lowest BCUT2D eigenvalue weighted by molar-refractivity contribution is -0.138. The van der Waals surface area contributed by atoms with E-state index >= 15 is 0 Å². The number of fused-ring (bicyclic) bond motifs is 1. The zero-order valence-corrected chi connectivity index (χ0v) is 13.6. The fourth-order valence-electron chi connectivity index (χ4n) is 3.25. The van der Waals surface area contributed by atoms with E-state index in [1.54, 1.807) is 11.9 Å². The van der Waals surface area contributed by atoms with Crippen molar-refractivity contribution in [1.82, 2.24) is 4.90 Å². The Morgan fingerprint density at radius 3 is 2.82 bits per heavy atom. The molecule has 1 aromatic carbocycles. The smallest absolute Gasteiger partial charge is 0.230 e. The average molecular weight is 324 g/mol. The van der Waals surface area contributed by atoms with Gasteiger partial charge in [0.05, 0.1) is 0 Å². The van der Waals surface area contributed by atoms with E-state index in [2.05, 4.69) is 0 Å². The normalized spacial score (nSPS) is 21.1. The van der Waals surface area contributed by atoms with Crippen LogP contribution in [-0.2, 0) is 16.0 Å². The van der Waals surface area contributed by atoms with E-state index in [-0.39, 0.29) is 30.1 Å². The molecule has 2 aliphatic heterocycles. The SMILES string of the molecule is CN1CCC(C(=O)N2CCCc3c(N)cccc32)CC1=O.Cl. The van der Waals surface area contributed by atoms with Gasteiger partial charge in [0.25, 0.3) is 0 Å². The van der Waals surface area contributed by atoms with Gasteiger partial charge in [-0.25, -0.2) is 0 Å². The van der Waals surface area contributed by atoms with Crippen LogP contribution in [0.3, 0.4) is 0 Å². The summed E-state index contributed by atoms with van der Waals surface area (Å²) >= 11 is 0. The highest BCUT2D eigenvalue weighted by Crippen LogP contribution is 2.33. The Hall–Kier alpha value is -1.75. The minimum absolute atomic E-state index is 0. The molecule has 1 aromatic rings. The van der Waals surface area contributed by atoms with Crippen LogP contribution in [0.5, 0.6) is 0 Å². The molecule has 1 fully saturated rings. The third kappa shape index (κ3) is 2.90. The zero-order valence-electron chi connectivity index (χ0n) is 12.7. The van der Waals surface area contributed by atoms with Gasteiger partial charge in [-0.1, -0.05) is 6.07 Å². The fraction of sp³-hybridized carbons (Fsp3) is 0.500. The van der Waals surface area contributed by atoms with Crippen LogP contribution in [0.25, 0.3) is 0 Å². The van der Waals surface area contributed by atoms with Gasteiger partial charge in [0, 0.05) is 43.9 Å². The molecule has 5 nitrogen and oxygen atoms in total. The summed E-state index contributed by atoms with van der Waals surface area (Å²) in [4.78, 5) is 28.2. The Labute approximate surface area is 136 Å². The summed E-state index contributed by atoms with van der Waals surface area (Å²) in [5.74, 6) is -0.0616. The molecule has 2 amide bonds. The third-order valence-electron chi connectivity index (χ3n) is 4.56. The first-order valence-electron chi connectivity index (χ1n) is 7.50. The highest BCUT2D eigenvalue weighted by Gasteiger charge is 2.33. The molecule has 2 aliphatic rings. The molecule has 0 spiro atoms. The van der Waals surface area contributed by atoms with E-state index in [4.69, 9.17) is 5.73 Å². The maximum atomic E-state index is 12.8. The largest absolute Gasteiger partial charge is 0.398 e. The molecule has 1 saturated heterocycles. The lowest BCUT2D eigenvalue weighted by Crippen LogP contribution is -2.45. The number of halogens is 1. The van der Waals surface area contributed by atoms with Crippen molar-refractivity contribution in [3.8, 4) is 0 Å². The summed E-state index contributed by atoms with van der Waals surface area (Å²) in [6.45, 7) is 1.38. The minimum atomic E-state index is -0.193. The van der Waals surface area contributed by atoms with Gasteiger partial charge < -0.3 is 15.5 Å². The Morgan fingerprint density at radius 1 is 1.32 bits per heavy atom. The number of likely N-dealkylation sites (tertiary alicyclic amines) is 1. The molecule has 120 valence electrons. The molecule has 1 unspecified atom stereocenters. The average Bonchev–Trinajstić information content (AvgIpc) is 2.49. The molecule has 2 N–H and O–H groups in total. The number of carbonyl (C=O) groups excluding carboxylic acids is 2. The number of anilines is 2. The summed E-state index contributed by atoms with van der Waals surface area (Å²) in [6.07, 6.45) is 2.91. The second-order valence-corrected chi connectivity index (χ2v) is 5.94. The van der Waals surface area contributed by atoms with Crippen LogP contribution in [0.1, 0.15) is 24.8 Å². The number of hydrogen-bond donors (Lipinski definition) is 1. The van der Waals surface area contributed by atoms with Crippen LogP contribution < -0.4 is 10.6 Å². The lowest BCUT2D eigenvalue weighted by Gasteiger charge is -2.35. The number of nitrogens with two attached hydrogens (primary N) is 1. The second kappa shape index (κ2) is 6.57. The lowest BCUT2D eigenvalue weighted by atomic mass is 9.92. The number of nitrogens with zero attached hydrogens (tertiary/aromatic N) is 2. The van der Waals surface area contributed by atoms with Crippen molar-refractivity contribution in [3.63, 3.8) is 0 Å². The third-order valence-corrected chi connectivity index (χ3v) is 4.56. The van der Waals surface area contributed by atoms with Crippen molar-refractivity contribution >= 4 is 35.6 Å². The molecule has 0 aliphatic carbocycles. The van der Waals surface area contributed by atoms with Gasteiger partial charge in [-0.05, 0) is 37.0 Å². The van der Waals surface area contributed by atoms with E-state index in [1.165, 1.54) is 0 Å². The van der Waals surface area contributed by atoms with Crippen LogP contribution in [0, 0.1) is 5.92 Å². The number of hydrogen-bond acceptors (Lipinski definition) is 3. The van der Waals surface area contributed by atoms with Gasteiger partial charge in [-0.2, -0.15) is 0 Å². The summed E-state index contributed by atoms with van der Waals surface area (Å²) in [5.41, 5.74) is 8.77. The minimum Gasteiger partial charge on any atom is -0.398 e. The number of benzene rings is 1. The molecule has 0 bridgehead atoms. The molecule has 0 saturated carbocycles. The highest BCUT2D eigenvalue weighted by atomic mass is 35.5. The van der Waals surface area contributed by atoms with E-state index in [0.29, 0.717) is 13.0 Å². The summed E-state index contributed by atoms with van der Waals surface area (Å²) in [7, 11) is 1.79. The molecule has 1 atom stereocenters. The van der Waals surface area contributed by atoms with Gasteiger partial charge in [0.2, 0.25) is 11.8 Å². The van der Waals surface area contributed by atoms with E-state index in [1.807, 2.05) is 23.1 Å². The monoisotopic (exact) mass is 323 g/mol. The standard InChI is InChI=1S/C16H21N3O2.ClH/c1-18-9-7-11(10-15(18)20)16(21)19-8-3-4-12-13(17)5-2-6-14(12)19;/h2,5-6,11H,3-4,7-10,17H2,1H3;1H. The number of carbonyl (C=O) groups is 2. The Kier molecular flexibility index (Phi) is 4.96.